The van der Waals surface area contributed by atoms with Crippen LogP contribution < -0.4 is 10.2 Å². The Bertz CT molecular complexity index is 697. The fourth-order valence-electron chi connectivity index (χ4n) is 2.41. The third kappa shape index (κ3) is 3.94. The number of benzene rings is 1. The van der Waals surface area contributed by atoms with Crippen molar-refractivity contribution in [1.29, 1.82) is 0 Å². The number of hydrogen-bond acceptors (Lipinski definition) is 5. The van der Waals surface area contributed by atoms with Crippen LogP contribution in [0.3, 0.4) is 0 Å². The summed E-state index contributed by atoms with van der Waals surface area (Å²) in [4.78, 5) is 10.9. The topological polar surface area (TPSA) is 50.3 Å². The number of ether oxygens (including phenoxy) is 1. The van der Waals surface area contributed by atoms with E-state index in [0.717, 1.165) is 17.8 Å². The van der Waals surface area contributed by atoms with Crippen molar-refractivity contribution in [1.82, 2.24) is 9.97 Å². The van der Waals surface area contributed by atoms with E-state index in [1.165, 1.54) is 12.1 Å². The summed E-state index contributed by atoms with van der Waals surface area (Å²) >= 11 is 0. The highest BCUT2D eigenvalue weighted by molar-refractivity contribution is 5.58. The lowest BCUT2D eigenvalue weighted by Gasteiger charge is -2.27. The number of halogens is 3. The number of rotatable bonds is 3. The molecule has 1 aromatic heterocycles. The molecule has 0 spiro atoms. The molecule has 5 nitrogen and oxygen atoms in total. The molecule has 128 valence electrons. The molecule has 0 atom stereocenters. The lowest BCUT2D eigenvalue weighted by molar-refractivity contribution is -0.137. The molecule has 2 aromatic rings. The lowest BCUT2D eigenvalue weighted by Crippen LogP contribution is -2.37. The quantitative estimate of drug-likeness (QED) is 0.930. The number of morpholine rings is 1. The first-order valence-corrected chi connectivity index (χ1v) is 7.54. The van der Waals surface area contributed by atoms with Crippen LogP contribution in [0.5, 0.6) is 0 Å². The van der Waals surface area contributed by atoms with Crippen LogP contribution in [0.4, 0.5) is 30.6 Å². The van der Waals surface area contributed by atoms with Gasteiger partial charge in [0.05, 0.1) is 18.8 Å². The van der Waals surface area contributed by atoms with Crippen molar-refractivity contribution >= 4 is 17.5 Å². The monoisotopic (exact) mass is 338 g/mol. The van der Waals surface area contributed by atoms with Crippen molar-refractivity contribution < 1.29 is 17.9 Å². The summed E-state index contributed by atoms with van der Waals surface area (Å²) < 4.78 is 43.1. The molecule has 24 heavy (non-hydrogen) atoms. The molecule has 8 heteroatoms. The van der Waals surface area contributed by atoms with Crippen LogP contribution >= 0.6 is 0 Å². The molecule has 0 bridgehead atoms. The van der Waals surface area contributed by atoms with Gasteiger partial charge in [0.1, 0.15) is 5.82 Å². The maximum absolute atomic E-state index is 12.6. The van der Waals surface area contributed by atoms with Gasteiger partial charge in [0.15, 0.2) is 0 Å². The van der Waals surface area contributed by atoms with Gasteiger partial charge in [0.2, 0.25) is 5.95 Å². The first-order chi connectivity index (χ1) is 11.4. The normalized spacial score (nSPS) is 15.4. The molecule has 1 aromatic carbocycles. The average molecular weight is 338 g/mol. The Kier molecular flexibility index (Phi) is 4.57. The van der Waals surface area contributed by atoms with Crippen LogP contribution in [0.1, 0.15) is 11.3 Å². The maximum atomic E-state index is 12.6. The van der Waals surface area contributed by atoms with Crippen LogP contribution in [-0.4, -0.2) is 36.3 Å². The molecule has 1 saturated heterocycles. The van der Waals surface area contributed by atoms with Crippen molar-refractivity contribution in [3.05, 3.63) is 41.6 Å². The Hall–Kier alpha value is -2.35. The Morgan fingerprint density at radius 2 is 1.75 bits per heavy atom. The fraction of sp³-hybridized carbons (Fsp3) is 0.375. The van der Waals surface area contributed by atoms with Gasteiger partial charge in [-0.05, 0) is 31.2 Å². The summed E-state index contributed by atoms with van der Waals surface area (Å²) in [6, 6.07) is 6.60. The molecule has 1 aliphatic heterocycles. The van der Waals surface area contributed by atoms with Gasteiger partial charge in [0, 0.05) is 30.5 Å². The zero-order valence-corrected chi connectivity index (χ0v) is 13.1. The predicted octanol–water partition coefficient (Wildman–Crippen LogP) is 3.38. The standard InChI is InChI=1S/C16H17F3N4O/c1-11-10-14(22-15(20-11)23-6-8-24-9-7-23)21-13-4-2-12(3-5-13)16(17,18)19/h2-5,10H,6-9H2,1H3,(H,20,21,22). The first kappa shape index (κ1) is 16.5. The SMILES string of the molecule is Cc1cc(Nc2ccc(C(F)(F)F)cc2)nc(N2CCOCC2)n1. The van der Waals surface area contributed by atoms with Crippen molar-refractivity contribution in [2.24, 2.45) is 0 Å². The van der Waals surface area contributed by atoms with Gasteiger partial charge < -0.3 is 15.0 Å². The highest BCUT2D eigenvalue weighted by atomic mass is 19.4. The minimum atomic E-state index is -4.34. The molecule has 0 radical (unpaired) electrons. The summed E-state index contributed by atoms with van der Waals surface area (Å²) in [5.74, 6) is 1.14. The first-order valence-electron chi connectivity index (χ1n) is 7.54. The Morgan fingerprint density at radius 1 is 1.08 bits per heavy atom. The van der Waals surface area contributed by atoms with Crippen LogP contribution in [0.2, 0.25) is 0 Å². The van der Waals surface area contributed by atoms with Gasteiger partial charge in [0.25, 0.3) is 0 Å². The summed E-state index contributed by atoms with van der Waals surface area (Å²) in [5.41, 5.74) is 0.635. The summed E-state index contributed by atoms with van der Waals surface area (Å²) in [6.45, 7) is 4.52. The van der Waals surface area contributed by atoms with E-state index in [0.29, 0.717) is 43.8 Å². The predicted molar refractivity (Wildman–Crippen MR) is 84.5 cm³/mol. The van der Waals surface area contributed by atoms with E-state index in [4.69, 9.17) is 4.74 Å². The number of aromatic nitrogens is 2. The third-order valence-corrected chi connectivity index (χ3v) is 3.62. The summed E-state index contributed by atoms with van der Waals surface area (Å²) in [6.07, 6.45) is -4.34. The van der Waals surface area contributed by atoms with Gasteiger partial charge >= 0.3 is 6.18 Å². The molecule has 1 N–H and O–H groups in total. The van der Waals surface area contributed by atoms with Gasteiger partial charge in [-0.1, -0.05) is 0 Å². The van der Waals surface area contributed by atoms with Crippen molar-refractivity contribution in [2.45, 2.75) is 13.1 Å². The fourth-order valence-corrected chi connectivity index (χ4v) is 2.41. The zero-order chi connectivity index (χ0) is 17.2. The zero-order valence-electron chi connectivity index (χ0n) is 13.1. The summed E-state index contributed by atoms with van der Waals surface area (Å²) in [7, 11) is 0. The lowest BCUT2D eigenvalue weighted by atomic mass is 10.2. The van der Waals surface area contributed by atoms with Crippen LogP contribution in [0.25, 0.3) is 0 Å². The van der Waals surface area contributed by atoms with E-state index >= 15 is 0 Å². The van der Waals surface area contributed by atoms with E-state index in [2.05, 4.69) is 15.3 Å². The van der Waals surface area contributed by atoms with Gasteiger partial charge in [-0.25, -0.2) is 4.98 Å². The van der Waals surface area contributed by atoms with Crippen molar-refractivity contribution in [3.8, 4) is 0 Å². The van der Waals surface area contributed by atoms with Crippen molar-refractivity contribution in [2.75, 3.05) is 36.5 Å². The molecule has 0 saturated carbocycles. The molecule has 2 heterocycles. The number of anilines is 3. The molecule has 3 rings (SSSR count). The minimum Gasteiger partial charge on any atom is -0.378 e. The molecule has 1 aliphatic rings. The maximum Gasteiger partial charge on any atom is 0.416 e. The second-order valence-electron chi connectivity index (χ2n) is 5.49. The number of alkyl halides is 3. The second-order valence-corrected chi connectivity index (χ2v) is 5.49. The third-order valence-electron chi connectivity index (χ3n) is 3.62. The van der Waals surface area contributed by atoms with E-state index in [9.17, 15) is 13.2 Å². The van der Waals surface area contributed by atoms with Crippen molar-refractivity contribution in [3.63, 3.8) is 0 Å². The molecule has 0 unspecified atom stereocenters. The highest BCUT2D eigenvalue weighted by Crippen LogP contribution is 2.30. The largest absolute Gasteiger partial charge is 0.416 e. The van der Waals surface area contributed by atoms with Crippen LogP contribution in [-0.2, 0) is 10.9 Å². The second kappa shape index (κ2) is 6.64. The van der Waals surface area contributed by atoms with E-state index in [1.807, 2.05) is 11.8 Å². The molecular formula is C16H17F3N4O. The number of hydrogen-bond donors (Lipinski definition) is 1. The molecular weight excluding hydrogens is 321 g/mol. The van der Waals surface area contributed by atoms with Gasteiger partial charge in [-0.2, -0.15) is 18.2 Å². The van der Waals surface area contributed by atoms with Crippen LogP contribution in [0.15, 0.2) is 30.3 Å². The number of aryl methyl sites for hydroxylation is 1. The van der Waals surface area contributed by atoms with Gasteiger partial charge in [-0.3, -0.25) is 0 Å². The van der Waals surface area contributed by atoms with E-state index in [1.54, 1.807) is 6.07 Å². The summed E-state index contributed by atoms with van der Waals surface area (Å²) in [5, 5.41) is 3.03. The molecule has 0 amide bonds. The van der Waals surface area contributed by atoms with E-state index < -0.39 is 11.7 Å². The number of nitrogens with zero attached hydrogens (tertiary/aromatic N) is 3. The molecule has 0 aliphatic carbocycles. The molecule has 1 fully saturated rings. The minimum absolute atomic E-state index is 0.536. The number of nitrogens with one attached hydrogen (secondary N) is 1. The average Bonchev–Trinajstić information content (AvgIpc) is 2.55. The van der Waals surface area contributed by atoms with E-state index in [-0.39, 0.29) is 0 Å². The smallest absolute Gasteiger partial charge is 0.378 e. The Labute approximate surface area is 137 Å². The van der Waals surface area contributed by atoms with Crippen LogP contribution in [0, 0.1) is 6.92 Å². The Balaban J connectivity index is 1.78. The Morgan fingerprint density at radius 3 is 2.38 bits per heavy atom. The highest BCUT2D eigenvalue weighted by Gasteiger charge is 2.29. The van der Waals surface area contributed by atoms with Gasteiger partial charge in [-0.15, -0.1) is 0 Å².